The summed E-state index contributed by atoms with van der Waals surface area (Å²) in [5.74, 6) is 0. The van der Waals surface area contributed by atoms with Crippen molar-refractivity contribution in [1.82, 2.24) is 13.9 Å². The van der Waals surface area contributed by atoms with E-state index in [1.807, 2.05) is 90.9 Å². The summed E-state index contributed by atoms with van der Waals surface area (Å²) in [5.41, 5.74) is 7.65. The number of unbranched alkanes of at least 4 members (excludes halogenated alkanes) is 1. The van der Waals surface area contributed by atoms with Gasteiger partial charge in [-0.3, -0.25) is 5.32 Å². The van der Waals surface area contributed by atoms with E-state index in [1.54, 1.807) is 4.31 Å². The van der Waals surface area contributed by atoms with E-state index in [4.69, 9.17) is 0 Å². The van der Waals surface area contributed by atoms with E-state index in [0.29, 0.717) is 66.2 Å². The lowest BCUT2D eigenvalue weighted by Crippen LogP contribution is -2.45. The van der Waals surface area contributed by atoms with Crippen molar-refractivity contribution in [3.05, 3.63) is 165 Å². The van der Waals surface area contributed by atoms with Gasteiger partial charge in [0.15, 0.2) is 0 Å². The summed E-state index contributed by atoms with van der Waals surface area (Å²) in [6.07, 6.45) is 2.35. The molecule has 5 rings (SSSR count). The zero-order chi connectivity index (χ0) is 40.5. The smallest absolute Gasteiger partial charge is 0.243 e. The summed E-state index contributed by atoms with van der Waals surface area (Å²) in [7, 11) is -7.69. The highest BCUT2D eigenvalue weighted by atomic mass is 32.2. The molecule has 0 unspecified atom stereocenters. The van der Waals surface area contributed by atoms with Crippen LogP contribution in [0, 0.1) is 41.5 Å². The number of sulfonamides is 2. The number of benzene rings is 5. The Morgan fingerprint density at radius 1 is 0.482 bits per heavy atom. The van der Waals surface area contributed by atoms with Gasteiger partial charge in [0.1, 0.15) is 0 Å². The molecule has 298 valence electrons. The van der Waals surface area contributed by atoms with Crippen molar-refractivity contribution in [2.45, 2.75) is 89.5 Å². The Morgan fingerprint density at radius 3 is 1.18 bits per heavy atom. The Balaban J connectivity index is 1.39. The lowest BCUT2D eigenvalue weighted by atomic mass is 9.77. The normalized spacial score (nSPS) is 12.4. The van der Waals surface area contributed by atoms with Gasteiger partial charge in [-0.15, -0.1) is 0 Å². The van der Waals surface area contributed by atoms with Crippen molar-refractivity contribution in [3.8, 4) is 0 Å². The molecule has 0 aromatic heterocycles. The van der Waals surface area contributed by atoms with Crippen LogP contribution < -0.4 is 5.32 Å². The fraction of sp³-hybridized carbons (Fsp3) is 0.362. The van der Waals surface area contributed by atoms with E-state index < -0.39 is 25.6 Å². The first kappa shape index (κ1) is 43.0. The van der Waals surface area contributed by atoms with Gasteiger partial charge in [-0.25, -0.2) is 16.8 Å². The van der Waals surface area contributed by atoms with Gasteiger partial charge >= 0.3 is 0 Å². The molecule has 0 bridgehead atoms. The monoisotopic (exact) mass is 793 g/mol. The molecule has 9 heteroatoms. The van der Waals surface area contributed by atoms with Crippen LogP contribution in [0.4, 0.5) is 0 Å². The van der Waals surface area contributed by atoms with Crippen LogP contribution in [0.1, 0.15) is 82.7 Å². The first-order valence-electron chi connectivity index (χ1n) is 19.8. The number of aryl methyl sites for hydroxylation is 6. The summed E-state index contributed by atoms with van der Waals surface area (Å²) in [5, 5.41) is 3.93. The van der Waals surface area contributed by atoms with Crippen molar-refractivity contribution < 1.29 is 16.8 Å². The number of nitrogens with one attached hydrogen (secondary N) is 1. The van der Waals surface area contributed by atoms with Crippen molar-refractivity contribution in [2.24, 2.45) is 0 Å². The maximum absolute atomic E-state index is 14.6. The van der Waals surface area contributed by atoms with Crippen molar-refractivity contribution in [3.63, 3.8) is 0 Å². The largest absolute Gasteiger partial charge is 0.300 e. The molecule has 0 aliphatic rings. The zero-order valence-corrected chi connectivity index (χ0v) is 35.8. The Hall–Kier alpha value is -4.12. The minimum Gasteiger partial charge on any atom is -0.300 e. The van der Waals surface area contributed by atoms with Crippen molar-refractivity contribution in [1.29, 1.82) is 0 Å². The van der Waals surface area contributed by atoms with Gasteiger partial charge in [-0.2, -0.15) is 8.61 Å². The average molecular weight is 794 g/mol. The third-order valence-corrected chi connectivity index (χ3v) is 14.9. The summed E-state index contributed by atoms with van der Waals surface area (Å²) in [4.78, 5) is 0.679. The van der Waals surface area contributed by atoms with Crippen LogP contribution >= 0.6 is 0 Å². The van der Waals surface area contributed by atoms with E-state index in [2.05, 4.69) is 78.1 Å². The minimum atomic E-state index is -3.89. The molecule has 5 aromatic rings. The van der Waals surface area contributed by atoms with Gasteiger partial charge in [0.2, 0.25) is 20.0 Å². The molecule has 5 aromatic carbocycles. The van der Waals surface area contributed by atoms with E-state index in [0.717, 1.165) is 38.9 Å². The molecule has 0 saturated heterocycles. The van der Waals surface area contributed by atoms with Gasteiger partial charge in [0, 0.05) is 26.2 Å². The average Bonchev–Trinajstić information content (AvgIpc) is 3.15. The molecule has 0 heterocycles. The van der Waals surface area contributed by atoms with Gasteiger partial charge in [-0.1, -0.05) is 133 Å². The van der Waals surface area contributed by atoms with E-state index in [9.17, 15) is 16.8 Å². The number of nitrogens with zero attached hydrogens (tertiary/aromatic N) is 2. The summed E-state index contributed by atoms with van der Waals surface area (Å²) < 4.78 is 60.5. The lowest BCUT2D eigenvalue weighted by Gasteiger charge is -2.37. The lowest BCUT2D eigenvalue weighted by molar-refractivity contribution is 0.350. The topological polar surface area (TPSA) is 86.8 Å². The van der Waals surface area contributed by atoms with Crippen LogP contribution in [0.2, 0.25) is 0 Å². The van der Waals surface area contributed by atoms with Gasteiger partial charge in [0.05, 0.1) is 15.3 Å². The molecular weight excluding hydrogens is 735 g/mol. The number of hydrogen-bond donors (Lipinski definition) is 1. The summed E-state index contributed by atoms with van der Waals surface area (Å²) in [6, 6.07) is 39.0. The molecule has 0 fully saturated rings. The zero-order valence-electron chi connectivity index (χ0n) is 34.2. The SMILES string of the molecule is CCCN(CCCN(CCCCNC(c1ccccc1)(c1ccccc1)c1ccccc1)S(=O)(=O)c1c(C)cc(C)cc1C)S(=O)(=O)c1c(C)cc(C)cc1C. The molecule has 0 radical (unpaired) electrons. The summed E-state index contributed by atoms with van der Waals surface area (Å²) in [6.45, 7) is 15.0. The maximum Gasteiger partial charge on any atom is 0.243 e. The molecule has 0 aliphatic heterocycles. The molecule has 56 heavy (non-hydrogen) atoms. The fourth-order valence-corrected chi connectivity index (χ4v) is 12.3. The maximum atomic E-state index is 14.6. The molecule has 0 aliphatic carbocycles. The van der Waals surface area contributed by atoms with Gasteiger partial charge in [0.25, 0.3) is 0 Å². The highest BCUT2D eigenvalue weighted by molar-refractivity contribution is 7.89. The Labute approximate surface area is 336 Å². The predicted molar refractivity (Wildman–Crippen MR) is 230 cm³/mol. The summed E-state index contributed by atoms with van der Waals surface area (Å²) >= 11 is 0. The van der Waals surface area contributed by atoms with Crippen LogP contribution in [0.15, 0.2) is 125 Å². The molecule has 0 saturated carbocycles. The third-order valence-electron chi connectivity index (χ3n) is 10.5. The molecule has 0 atom stereocenters. The van der Waals surface area contributed by atoms with Crippen LogP contribution in [-0.4, -0.2) is 58.2 Å². The van der Waals surface area contributed by atoms with E-state index in [-0.39, 0.29) is 13.1 Å². The second-order valence-electron chi connectivity index (χ2n) is 15.1. The van der Waals surface area contributed by atoms with Crippen LogP contribution in [0.3, 0.4) is 0 Å². The Kier molecular flexibility index (Phi) is 14.5. The first-order chi connectivity index (χ1) is 26.7. The molecule has 7 nitrogen and oxygen atoms in total. The van der Waals surface area contributed by atoms with E-state index >= 15 is 0 Å². The molecular formula is C47H59N3O4S2. The minimum absolute atomic E-state index is 0.200. The van der Waals surface area contributed by atoms with Gasteiger partial charge in [-0.05, 0) is 113 Å². The fourth-order valence-electron chi connectivity index (χ4n) is 8.34. The van der Waals surface area contributed by atoms with Crippen LogP contribution in [0.25, 0.3) is 0 Å². The number of rotatable bonds is 19. The highest BCUT2D eigenvalue weighted by Gasteiger charge is 2.36. The third kappa shape index (κ3) is 9.52. The van der Waals surface area contributed by atoms with Crippen LogP contribution in [0.5, 0.6) is 0 Å². The second kappa shape index (κ2) is 18.9. The second-order valence-corrected chi connectivity index (χ2v) is 18.8. The molecule has 0 amide bonds. The number of hydrogen-bond acceptors (Lipinski definition) is 5. The van der Waals surface area contributed by atoms with Crippen molar-refractivity contribution >= 4 is 20.0 Å². The molecule has 1 N–H and O–H groups in total. The van der Waals surface area contributed by atoms with Crippen molar-refractivity contribution in [2.75, 3.05) is 32.7 Å². The Morgan fingerprint density at radius 2 is 0.821 bits per heavy atom. The predicted octanol–water partition coefficient (Wildman–Crippen LogP) is 9.38. The van der Waals surface area contributed by atoms with Gasteiger partial charge < -0.3 is 0 Å². The van der Waals surface area contributed by atoms with E-state index in [1.165, 1.54) is 4.31 Å². The molecule has 0 spiro atoms. The standard InChI is InChI=1S/C47H59N3O4S2/c1-8-28-49(55(51,52)45-38(4)32-36(2)33-39(45)5)30-20-31-50(56(53,54)46-40(6)34-37(3)35-41(46)7)29-19-18-27-48-47(42-21-12-9-13-22-42,43-23-14-10-15-24-43)44-25-16-11-17-26-44/h9-17,21-26,32-35,48H,8,18-20,27-31H2,1-7H3. The Bertz CT molecular complexity index is 2140. The first-order valence-corrected chi connectivity index (χ1v) is 22.7. The quantitative estimate of drug-likeness (QED) is 0.0666. The van der Waals surface area contributed by atoms with Crippen LogP contribution in [-0.2, 0) is 25.6 Å². The highest BCUT2D eigenvalue weighted by Crippen LogP contribution is 2.37.